The Balaban J connectivity index is 2.10. The van der Waals surface area contributed by atoms with Crippen molar-refractivity contribution >= 4 is 22.7 Å². The van der Waals surface area contributed by atoms with Crippen LogP contribution in [-0.2, 0) is 13.1 Å². The molecule has 1 N–H and O–H groups in total. The quantitative estimate of drug-likeness (QED) is 0.794. The van der Waals surface area contributed by atoms with E-state index in [1.165, 1.54) is 11.3 Å². The monoisotopic (exact) mass is 324 g/mol. The topological polar surface area (TPSA) is 36.4 Å². The fourth-order valence-electron chi connectivity index (χ4n) is 2.27. The molecule has 0 saturated carbocycles. The maximum absolute atomic E-state index is 9.64. The summed E-state index contributed by atoms with van der Waals surface area (Å²) in [6.45, 7) is 8.35. The minimum Gasteiger partial charge on any atom is -0.395 e. The van der Waals surface area contributed by atoms with Gasteiger partial charge in [-0.15, -0.1) is 11.3 Å². The van der Waals surface area contributed by atoms with Gasteiger partial charge < -0.3 is 5.11 Å². The molecule has 0 aliphatic heterocycles. The molecule has 21 heavy (non-hydrogen) atoms. The van der Waals surface area contributed by atoms with E-state index in [0.717, 1.165) is 24.5 Å². The van der Waals surface area contributed by atoms with Gasteiger partial charge in [0, 0.05) is 18.0 Å². The molecule has 0 aliphatic carbocycles. The standard InChI is InChI=1S/C16H24N2OS2/c1-4-14(9-19)18(7-13-5-6-20-10-13)8-16-17-15(11-21-16)12(2)3/h5-6,10-12,14,19H,4,7-9H2,1-3H3/t14-/m0/s1. The van der Waals surface area contributed by atoms with Crippen molar-refractivity contribution in [3.8, 4) is 0 Å². The lowest BCUT2D eigenvalue weighted by atomic mass is 10.1. The highest BCUT2D eigenvalue weighted by Crippen LogP contribution is 2.22. The first kappa shape index (κ1) is 16.6. The number of hydrogen-bond donors (Lipinski definition) is 1. The largest absolute Gasteiger partial charge is 0.395 e. The van der Waals surface area contributed by atoms with Gasteiger partial charge in [0.1, 0.15) is 5.01 Å². The first-order chi connectivity index (χ1) is 10.1. The summed E-state index contributed by atoms with van der Waals surface area (Å²) < 4.78 is 0. The second-order valence-electron chi connectivity index (χ2n) is 5.60. The van der Waals surface area contributed by atoms with Crippen LogP contribution in [0.1, 0.15) is 49.4 Å². The number of thiazole rings is 1. The molecule has 0 bridgehead atoms. The molecule has 116 valence electrons. The lowest BCUT2D eigenvalue weighted by Crippen LogP contribution is -2.36. The molecule has 0 radical (unpaired) electrons. The van der Waals surface area contributed by atoms with Crippen molar-refractivity contribution in [2.45, 2.75) is 52.2 Å². The summed E-state index contributed by atoms with van der Waals surface area (Å²) in [4.78, 5) is 7.07. The maximum atomic E-state index is 9.64. The molecule has 0 amide bonds. The second kappa shape index (κ2) is 8.03. The van der Waals surface area contributed by atoms with E-state index in [1.807, 2.05) is 0 Å². The molecule has 1 atom stereocenters. The highest BCUT2D eigenvalue weighted by atomic mass is 32.1. The summed E-state index contributed by atoms with van der Waals surface area (Å²) in [6, 6.07) is 2.35. The van der Waals surface area contributed by atoms with Crippen LogP contribution in [0.3, 0.4) is 0 Å². The number of nitrogens with zero attached hydrogens (tertiary/aromatic N) is 2. The van der Waals surface area contributed by atoms with Crippen molar-refractivity contribution in [2.75, 3.05) is 6.61 Å². The lowest BCUT2D eigenvalue weighted by molar-refractivity contribution is 0.107. The summed E-state index contributed by atoms with van der Waals surface area (Å²) >= 11 is 3.45. The van der Waals surface area contributed by atoms with E-state index in [4.69, 9.17) is 4.98 Å². The molecule has 0 fully saturated rings. The molecule has 0 saturated heterocycles. The van der Waals surface area contributed by atoms with E-state index in [9.17, 15) is 5.11 Å². The van der Waals surface area contributed by atoms with Crippen LogP contribution < -0.4 is 0 Å². The smallest absolute Gasteiger partial charge is 0.107 e. The number of aliphatic hydroxyl groups is 1. The number of rotatable bonds is 8. The van der Waals surface area contributed by atoms with Gasteiger partial charge in [-0.1, -0.05) is 20.8 Å². The third-order valence-electron chi connectivity index (χ3n) is 3.66. The van der Waals surface area contributed by atoms with Gasteiger partial charge in [0.25, 0.3) is 0 Å². The molecule has 0 spiro atoms. The van der Waals surface area contributed by atoms with Gasteiger partial charge in [-0.2, -0.15) is 11.3 Å². The van der Waals surface area contributed by atoms with Crippen molar-refractivity contribution in [1.82, 2.24) is 9.88 Å². The van der Waals surface area contributed by atoms with Crippen molar-refractivity contribution in [2.24, 2.45) is 0 Å². The predicted octanol–water partition coefficient (Wildman–Crippen LogP) is 4.10. The molecular formula is C16H24N2OS2. The van der Waals surface area contributed by atoms with Crippen LogP contribution in [0.5, 0.6) is 0 Å². The Hall–Kier alpha value is -0.750. The Kier molecular flexibility index (Phi) is 6.36. The normalized spacial score (nSPS) is 13.2. The molecule has 2 aromatic heterocycles. The van der Waals surface area contributed by atoms with Crippen LogP contribution >= 0.6 is 22.7 Å². The van der Waals surface area contributed by atoms with Crippen LogP contribution in [0.25, 0.3) is 0 Å². The molecule has 0 aromatic carbocycles. The van der Waals surface area contributed by atoms with Crippen molar-refractivity contribution in [3.63, 3.8) is 0 Å². The minimum atomic E-state index is 0.191. The van der Waals surface area contributed by atoms with Gasteiger partial charge in [0.2, 0.25) is 0 Å². The molecule has 3 nitrogen and oxygen atoms in total. The van der Waals surface area contributed by atoms with E-state index in [-0.39, 0.29) is 12.6 Å². The number of aliphatic hydroxyl groups excluding tert-OH is 1. The van der Waals surface area contributed by atoms with Crippen LogP contribution in [0.2, 0.25) is 0 Å². The van der Waals surface area contributed by atoms with E-state index in [0.29, 0.717) is 5.92 Å². The zero-order valence-electron chi connectivity index (χ0n) is 13.0. The summed E-state index contributed by atoms with van der Waals surface area (Å²) in [5, 5.41) is 17.2. The number of thiophene rings is 1. The third-order valence-corrected chi connectivity index (χ3v) is 5.25. The fraction of sp³-hybridized carbons (Fsp3) is 0.562. The first-order valence-electron chi connectivity index (χ1n) is 7.44. The van der Waals surface area contributed by atoms with Crippen molar-refractivity contribution < 1.29 is 5.11 Å². The molecule has 0 unspecified atom stereocenters. The Bertz CT molecular complexity index is 518. The van der Waals surface area contributed by atoms with Crippen LogP contribution in [0.4, 0.5) is 0 Å². The zero-order valence-corrected chi connectivity index (χ0v) is 14.6. The minimum absolute atomic E-state index is 0.191. The SMILES string of the molecule is CC[C@@H](CO)N(Cc1ccsc1)Cc1nc(C(C)C)cs1. The molecule has 5 heteroatoms. The Morgan fingerprint density at radius 3 is 2.62 bits per heavy atom. The van der Waals surface area contributed by atoms with Gasteiger partial charge in [-0.05, 0) is 34.7 Å². The molecule has 0 aliphatic rings. The van der Waals surface area contributed by atoms with Gasteiger partial charge in [-0.25, -0.2) is 4.98 Å². The Morgan fingerprint density at radius 2 is 2.10 bits per heavy atom. The Labute approximate surface area is 135 Å². The van der Waals surface area contributed by atoms with Gasteiger partial charge in [0.05, 0.1) is 18.8 Å². The predicted molar refractivity (Wildman–Crippen MR) is 90.9 cm³/mol. The lowest BCUT2D eigenvalue weighted by Gasteiger charge is -2.28. The van der Waals surface area contributed by atoms with E-state index >= 15 is 0 Å². The zero-order chi connectivity index (χ0) is 15.2. The molecular weight excluding hydrogens is 300 g/mol. The van der Waals surface area contributed by atoms with E-state index in [2.05, 4.69) is 47.9 Å². The molecule has 2 heterocycles. The molecule has 2 aromatic rings. The summed E-state index contributed by atoms with van der Waals surface area (Å²) in [7, 11) is 0. The number of hydrogen-bond acceptors (Lipinski definition) is 5. The highest BCUT2D eigenvalue weighted by Gasteiger charge is 2.19. The van der Waals surface area contributed by atoms with E-state index in [1.54, 1.807) is 22.7 Å². The second-order valence-corrected chi connectivity index (χ2v) is 7.32. The van der Waals surface area contributed by atoms with Crippen molar-refractivity contribution in [3.05, 3.63) is 38.5 Å². The van der Waals surface area contributed by atoms with Gasteiger partial charge >= 0.3 is 0 Å². The summed E-state index contributed by atoms with van der Waals surface area (Å²) in [6.07, 6.45) is 0.947. The van der Waals surface area contributed by atoms with Crippen molar-refractivity contribution in [1.29, 1.82) is 0 Å². The summed E-state index contributed by atoms with van der Waals surface area (Å²) in [5.74, 6) is 0.472. The van der Waals surface area contributed by atoms with Gasteiger partial charge in [0.15, 0.2) is 0 Å². The Morgan fingerprint density at radius 1 is 1.29 bits per heavy atom. The first-order valence-corrected chi connectivity index (χ1v) is 9.26. The van der Waals surface area contributed by atoms with Crippen LogP contribution in [0.15, 0.2) is 22.2 Å². The fourth-order valence-corrected chi connectivity index (χ4v) is 3.91. The molecule has 2 rings (SSSR count). The average Bonchev–Trinajstić information content (AvgIpc) is 3.11. The van der Waals surface area contributed by atoms with Crippen LogP contribution in [-0.4, -0.2) is 27.6 Å². The third kappa shape index (κ3) is 4.61. The van der Waals surface area contributed by atoms with Crippen LogP contribution in [0, 0.1) is 0 Å². The van der Waals surface area contributed by atoms with Gasteiger partial charge in [-0.3, -0.25) is 4.90 Å². The average molecular weight is 325 g/mol. The number of aromatic nitrogens is 1. The highest BCUT2D eigenvalue weighted by molar-refractivity contribution is 7.09. The maximum Gasteiger partial charge on any atom is 0.107 e. The van der Waals surface area contributed by atoms with E-state index < -0.39 is 0 Å². The summed E-state index contributed by atoms with van der Waals surface area (Å²) in [5.41, 5.74) is 2.48.